The van der Waals surface area contributed by atoms with Crippen LogP contribution in [0, 0.1) is 24.0 Å². The van der Waals surface area contributed by atoms with E-state index in [1.807, 2.05) is 31.2 Å². The van der Waals surface area contributed by atoms with Gasteiger partial charge in [0.1, 0.15) is 0 Å². The highest BCUT2D eigenvalue weighted by molar-refractivity contribution is 7.99. The van der Waals surface area contributed by atoms with Crippen molar-refractivity contribution < 1.29 is 9.72 Å². The zero-order chi connectivity index (χ0) is 20.3. The number of non-ortho nitro benzene ring substituents is 1. The fourth-order valence-electron chi connectivity index (χ4n) is 2.53. The molecule has 0 aliphatic heterocycles. The lowest BCUT2D eigenvalue weighted by molar-refractivity contribution is -0.384. The molecule has 0 bridgehead atoms. The lowest BCUT2D eigenvalue weighted by Crippen LogP contribution is -2.17. The molecule has 0 radical (unpaired) electrons. The second-order valence-electron chi connectivity index (χ2n) is 6.14. The van der Waals surface area contributed by atoms with E-state index in [0.717, 1.165) is 28.5 Å². The Balaban J connectivity index is 1.67. The number of carbonyl (C=O) groups is 1. The van der Waals surface area contributed by atoms with Crippen LogP contribution in [0.3, 0.4) is 0 Å². The van der Waals surface area contributed by atoms with Gasteiger partial charge in [-0.3, -0.25) is 14.9 Å². The van der Waals surface area contributed by atoms with E-state index in [0.29, 0.717) is 16.7 Å². The molecule has 1 amide bonds. The summed E-state index contributed by atoms with van der Waals surface area (Å²) in [5.41, 5.74) is 2.94. The SMILES string of the molecule is Cc1cccc(-c2nnc(SCC(=O)Nc3cc([N+](=O)[O-])ccc3C)n2N)c1. The molecule has 10 heteroatoms. The van der Waals surface area contributed by atoms with Gasteiger partial charge in [-0.1, -0.05) is 41.6 Å². The number of anilines is 1. The van der Waals surface area contributed by atoms with Crippen molar-refractivity contribution in [3.05, 3.63) is 63.7 Å². The standard InChI is InChI=1S/C18H18N6O3S/c1-11-4-3-5-13(8-11)17-21-22-18(23(17)19)28-10-16(25)20-15-9-14(24(26)27)7-6-12(15)2/h3-9H,10,19H2,1-2H3,(H,20,25). The molecule has 1 heterocycles. The normalized spacial score (nSPS) is 10.6. The molecule has 3 N–H and O–H groups in total. The summed E-state index contributed by atoms with van der Waals surface area (Å²) in [5.74, 6) is 6.27. The molecule has 3 rings (SSSR count). The number of nitro groups is 1. The fraction of sp³-hybridized carbons (Fsp3) is 0.167. The molecule has 0 saturated heterocycles. The molecule has 0 saturated carbocycles. The lowest BCUT2D eigenvalue weighted by atomic mass is 10.1. The fourth-order valence-corrected chi connectivity index (χ4v) is 3.19. The van der Waals surface area contributed by atoms with Gasteiger partial charge in [0.25, 0.3) is 5.69 Å². The Labute approximate surface area is 165 Å². The first-order valence-corrected chi connectivity index (χ1v) is 9.29. The van der Waals surface area contributed by atoms with Crippen molar-refractivity contribution in [2.45, 2.75) is 19.0 Å². The van der Waals surface area contributed by atoms with Gasteiger partial charge in [-0.2, -0.15) is 0 Å². The van der Waals surface area contributed by atoms with E-state index < -0.39 is 4.92 Å². The van der Waals surface area contributed by atoms with E-state index in [1.165, 1.54) is 16.8 Å². The highest BCUT2D eigenvalue weighted by Crippen LogP contribution is 2.24. The molecule has 0 unspecified atom stereocenters. The molecule has 9 nitrogen and oxygen atoms in total. The first kappa shape index (κ1) is 19.4. The van der Waals surface area contributed by atoms with E-state index in [1.54, 1.807) is 13.0 Å². The average molecular weight is 398 g/mol. The smallest absolute Gasteiger partial charge is 0.271 e. The number of nitrogen functional groups attached to an aromatic ring is 1. The Bertz CT molecular complexity index is 1050. The second kappa shape index (κ2) is 8.09. The predicted octanol–water partition coefficient (Wildman–Crippen LogP) is 2.91. The summed E-state index contributed by atoms with van der Waals surface area (Å²) in [6.45, 7) is 3.73. The van der Waals surface area contributed by atoms with Crippen molar-refractivity contribution in [2.24, 2.45) is 0 Å². The highest BCUT2D eigenvalue weighted by Gasteiger charge is 2.15. The van der Waals surface area contributed by atoms with Crippen molar-refractivity contribution in [1.82, 2.24) is 14.9 Å². The number of rotatable bonds is 6. The molecular formula is C18H18N6O3S. The maximum absolute atomic E-state index is 12.3. The van der Waals surface area contributed by atoms with Gasteiger partial charge in [0.2, 0.25) is 11.1 Å². The average Bonchev–Trinajstić information content (AvgIpc) is 3.02. The number of thioether (sulfide) groups is 1. The number of aryl methyl sites for hydroxylation is 2. The van der Waals surface area contributed by atoms with Crippen LogP contribution in [0.4, 0.5) is 11.4 Å². The molecule has 28 heavy (non-hydrogen) atoms. The van der Waals surface area contributed by atoms with E-state index >= 15 is 0 Å². The second-order valence-corrected chi connectivity index (χ2v) is 7.08. The minimum absolute atomic E-state index is 0.0330. The van der Waals surface area contributed by atoms with Crippen LogP contribution >= 0.6 is 11.8 Å². The van der Waals surface area contributed by atoms with Gasteiger partial charge in [-0.05, 0) is 25.5 Å². The third kappa shape index (κ3) is 4.29. The van der Waals surface area contributed by atoms with E-state index in [9.17, 15) is 14.9 Å². The lowest BCUT2D eigenvalue weighted by Gasteiger charge is -2.08. The molecule has 0 spiro atoms. The summed E-state index contributed by atoms with van der Waals surface area (Å²) < 4.78 is 1.34. The van der Waals surface area contributed by atoms with Crippen molar-refractivity contribution in [2.75, 3.05) is 16.9 Å². The van der Waals surface area contributed by atoms with Crippen molar-refractivity contribution in [1.29, 1.82) is 0 Å². The number of nitrogens with two attached hydrogens (primary N) is 1. The molecule has 0 aliphatic carbocycles. The topological polar surface area (TPSA) is 129 Å². The first-order chi connectivity index (χ1) is 13.3. The molecule has 2 aromatic carbocycles. The number of hydrogen-bond acceptors (Lipinski definition) is 7. The predicted molar refractivity (Wildman–Crippen MR) is 108 cm³/mol. The quantitative estimate of drug-likeness (QED) is 0.283. The minimum Gasteiger partial charge on any atom is -0.335 e. The van der Waals surface area contributed by atoms with Crippen LogP contribution in [0.15, 0.2) is 47.6 Å². The zero-order valence-electron chi connectivity index (χ0n) is 15.2. The van der Waals surface area contributed by atoms with Crippen LogP contribution in [0.25, 0.3) is 11.4 Å². The van der Waals surface area contributed by atoms with Crippen LogP contribution in [-0.2, 0) is 4.79 Å². The van der Waals surface area contributed by atoms with E-state index in [4.69, 9.17) is 5.84 Å². The minimum atomic E-state index is -0.506. The molecule has 0 atom stereocenters. The Kier molecular flexibility index (Phi) is 5.59. The largest absolute Gasteiger partial charge is 0.335 e. The number of aromatic nitrogens is 3. The van der Waals surface area contributed by atoms with Gasteiger partial charge in [0.15, 0.2) is 5.82 Å². The monoisotopic (exact) mass is 398 g/mol. The molecule has 1 aromatic heterocycles. The number of benzene rings is 2. The van der Waals surface area contributed by atoms with Crippen LogP contribution in [0.1, 0.15) is 11.1 Å². The molecular weight excluding hydrogens is 380 g/mol. The Hall–Kier alpha value is -3.40. The van der Waals surface area contributed by atoms with Gasteiger partial charge in [-0.25, -0.2) is 4.68 Å². The van der Waals surface area contributed by atoms with Crippen LogP contribution in [-0.4, -0.2) is 31.5 Å². The number of nitrogens with one attached hydrogen (secondary N) is 1. The maximum Gasteiger partial charge on any atom is 0.271 e. The van der Waals surface area contributed by atoms with Crippen LogP contribution in [0.2, 0.25) is 0 Å². The van der Waals surface area contributed by atoms with E-state index in [-0.39, 0.29) is 17.3 Å². The van der Waals surface area contributed by atoms with Gasteiger partial charge < -0.3 is 11.2 Å². The van der Waals surface area contributed by atoms with Crippen LogP contribution in [0.5, 0.6) is 0 Å². The summed E-state index contributed by atoms with van der Waals surface area (Å²) in [5, 5.41) is 22.1. The van der Waals surface area contributed by atoms with Gasteiger partial charge in [0, 0.05) is 17.7 Å². The van der Waals surface area contributed by atoms with Gasteiger partial charge in [0.05, 0.1) is 16.4 Å². The molecule has 0 aliphatic rings. The van der Waals surface area contributed by atoms with Crippen molar-refractivity contribution in [3.8, 4) is 11.4 Å². The number of amides is 1. The van der Waals surface area contributed by atoms with Gasteiger partial charge in [-0.15, -0.1) is 10.2 Å². The number of hydrogen-bond donors (Lipinski definition) is 2. The van der Waals surface area contributed by atoms with Crippen molar-refractivity contribution in [3.63, 3.8) is 0 Å². The number of nitro benzene ring substituents is 1. The summed E-state index contributed by atoms with van der Waals surface area (Å²) in [7, 11) is 0. The number of carbonyl (C=O) groups excluding carboxylic acids is 1. The zero-order valence-corrected chi connectivity index (χ0v) is 16.1. The summed E-state index contributed by atoms with van der Waals surface area (Å²) in [4.78, 5) is 22.6. The van der Waals surface area contributed by atoms with Crippen LogP contribution < -0.4 is 11.2 Å². The molecule has 3 aromatic rings. The van der Waals surface area contributed by atoms with E-state index in [2.05, 4.69) is 15.5 Å². The first-order valence-electron chi connectivity index (χ1n) is 8.30. The Morgan fingerprint density at radius 1 is 1.25 bits per heavy atom. The summed E-state index contributed by atoms with van der Waals surface area (Å²) >= 11 is 1.13. The third-order valence-corrected chi connectivity index (χ3v) is 4.92. The Morgan fingerprint density at radius 3 is 2.75 bits per heavy atom. The maximum atomic E-state index is 12.3. The molecule has 144 valence electrons. The Morgan fingerprint density at radius 2 is 2.04 bits per heavy atom. The van der Waals surface area contributed by atoms with Crippen molar-refractivity contribution >= 4 is 29.0 Å². The highest BCUT2D eigenvalue weighted by atomic mass is 32.2. The summed E-state index contributed by atoms with van der Waals surface area (Å²) in [6, 6.07) is 12.0. The summed E-state index contributed by atoms with van der Waals surface area (Å²) in [6.07, 6.45) is 0. The molecule has 0 fully saturated rings. The van der Waals surface area contributed by atoms with Gasteiger partial charge >= 0.3 is 0 Å². The third-order valence-electron chi connectivity index (χ3n) is 3.98. The number of nitrogens with zero attached hydrogens (tertiary/aromatic N) is 4.